The molecule has 11 heteroatoms. The minimum Gasteiger partial charge on any atom is -0.474 e. The Morgan fingerprint density at radius 1 is 1.34 bits per heavy atom. The van der Waals surface area contributed by atoms with Crippen LogP contribution in [-0.2, 0) is 9.53 Å². The van der Waals surface area contributed by atoms with E-state index < -0.39 is 18.0 Å². The smallest absolute Gasteiger partial charge is 0.413 e. The van der Waals surface area contributed by atoms with E-state index in [9.17, 15) is 9.59 Å². The number of ether oxygens (including phenoxy) is 2. The van der Waals surface area contributed by atoms with Gasteiger partial charge in [-0.05, 0) is 36.9 Å². The minimum atomic E-state index is -0.719. The second-order valence-corrected chi connectivity index (χ2v) is 8.48. The second-order valence-electron chi connectivity index (χ2n) is 8.48. The molecule has 0 spiro atoms. The summed E-state index contributed by atoms with van der Waals surface area (Å²) in [5, 5.41) is 6.82. The van der Waals surface area contributed by atoms with Gasteiger partial charge in [0.1, 0.15) is 24.2 Å². The molecule has 0 saturated carbocycles. The SMILES string of the molecule is CCN1C[C@@H](OC(=O)Nc2cc3cc(-c4cnc5c(c4C)NCCO5)c(F)c(N)c3cn2)CC1=O. The first-order valence-corrected chi connectivity index (χ1v) is 11.4. The summed E-state index contributed by atoms with van der Waals surface area (Å²) in [7, 11) is 0. The summed E-state index contributed by atoms with van der Waals surface area (Å²) in [5.41, 5.74) is 8.43. The number of halogens is 1. The van der Waals surface area contributed by atoms with Gasteiger partial charge in [0.2, 0.25) is 11.8 Å². The molecule has 4 heterocycles. The second kappa shape index (κ2) is 8.90. The Labute approximate surface area is 200 Å². The minimum absolute atomic E-state index is 0.0483. The van der Waals surface area contributed by atoms with Crippen LogP contribution in [0.2, 0.25) is 0 Å². The van der Waals surface area contributed by atoms with Crippen molar-refractivity contribution in [3.05, 3.63) is 35.9 Å². The number of nitrogens with two attached hydrogens (primary N) is 1. The molecule has 2 amide bonds. The van der Waals surface area contributed by atoms with Crippen molar-refractivity contribution < 1.29 is 23.5 Å². The molecule has 3 aromatic rings. The number of nitrogens with one attached hydrogen (secondary N) is 2. The van der Waals surface area contributed by atoms with E-state index in [0.29, 0.717) is 48.5 Å². The number of aromatic nitrogens is 2. The lowest BCUT2D eigenvalue weighted by atomic mass is 9.97. The number of likely N-dealkylation sites (N-methyl/N-ethyl adjacent to an activating group) is 1. The zero-order valence-corrected chi connectivity index (χ0v) is 19.4. The van der Waals surface area contributed by atoms with Gasteiger partial charge < -0.3 is 25.4 Å². The molecule has 2 aliphatic rings. The van der Waals surface area contributed by atoms with Crippen LogP contribution in [0.3, 0.4) is 0 Å². The number of benzene rings is 1. The van der Waals surface area contributed by atoms with Gasteiger partial charge in [0.25, 0.3) is 0 Å². The zero-order valence-electron chi connectivity index (χ0n) is 19.4. The van der Waals surface area contributed by atoms with Crippen molar-refractivity contribution in [1.29, 1.82) is 0 Å². The molecule has 182 valence electrons. The van der Waals surface area contributed by atoms with Gasteiger partial charge in [0.05, 0.1) is 18.7 Å². The first-order chi connectivity index (χ1) is 16.9. The largest absolute Gasteiger partial charge is 0.474 e. The Kier molecular flexibility index (Phi) is 5.75. The molecule has 4 N–H and O–H groups in total. The highest BCUT2D eigenvalue weighted by atomic mass is 19.1. The fourth-order valence-electron chi connectivity index (χ4n) is 4.46. The molecule has 0 aliphatic carbocycles. The van der Waals surface area contributed by atoms with Gasteiger partial charge in [0.15, 0.2) is 5.82 Å². The summed E-state index contributed by atoms with van der Waals surface area (Å²) in [5.74, 6) is 0.0682. The molecule has 1 aromatic carbocycles. The highest BCUT2D eigenvalue weighted by Crippen LogP contribution is 2.39. The number of rotatable bonds is 4. The lowest BCUT2D eigenvalue weighted by Crippen LogP contribution is -2.28. The van der Waals surface area contributed by atoms with Crippen LogP contribution in [0.4, 0.5) is 26.4 Å². The maximum Gasteiger partial charge on any atom is 0.413 e. The summed E-state index contributed by atoms with van der Waals surface area (Å²) >= 11 is 0. The Bertz CT molecular complexity index is 1350. The van der Waals surface area contributed by atoms with Crippen LogP contribution in [0.15, 0.2) is 24.5 Å². The fourth-order valence-corrected chi connectivity index (χ4v) is 4.46. The number of nitrogens with zero attached hydrogens (tertiary/aromatic N) is 3. The quantitative estimate of drug-likeness (QED) is 0.485. The van der Waals surface area contributed by atoms with E-state index in [4.69, 9.17) is 15.2 Å². The average Bonchev–Trinajstić information content (AvgIpc) is 3.20. The van der Waals surface area contributed by atoms with E-state index in [-0.39, 0.29) is 29.4 Å². The number of nitrogen functional groups attached to an aromatic ring is 1. The number of pyridine rings is 2. The molecule has 2 aliphatic heterocycles. The van der Waals surface area contributed by atoms with E-state index in [1.165, 1.54) is 6.20 Å². The summed E-state index contributed by atoms with van der Waals surface area (Å²) in [4.78, 5) is 34.4. The van der Waals surface area contributed by atoms with Crippen molar-refractivity contribution in [2.24, 2.45) is 0 Å². The number of carbonyl (C=O) groups excluding carboxylic acids is 2. The van der Waals surface area contributed by atoms with Crippen LogP contribution in [0.5, 0.6) is 5.88 Å². The van der Waals surface area contributed by atoms with Crippen molar-refractivity contribution in [3.63, 3.8) is 0 Å². The lowest BCUT2D eigenvalue weighted by Gasteiger charge is -2.22. The predicted octanol–water partition coefficient (Wildman–Crippen LogP) is 3.30. The fraction of sp³-hybridized carbons (Fsp3) is 0.333. The molecule has 1 saturated heterocycles. The van der Waals surface area contributed by atoms with Gasteiger partial charge in [-0.1, -0.05) is 0 Å². The van der Waals surface area contributed by atoms with Crippen LogP contribution in [-0.4, -0.2) is 59.2 Å². The molecule has 0 unspecified atom stereocenters. The predicted molar refractivity (Wildman–Crippen MR) is 129 cm³/mol. The Balaban J connectivity index is 1.43. The maximum atomic E-state index is 15.3. The normalized spacial score (nSPS) is 17.1. The molecule has 2 aromatic heterocycles. The molecule has 0 radical (unpaired) electrons. The highest BCUT2D eigenvalue weighted by Gasteiger charge is 2.31. The lowest BCUT2D eigenvalue weighted by molar-refractivity contribution is -0.127. The summed E-state index contributed by atoms with van der Waals surface area (Å²) < 4.78 is 26.2. The van der Waals surface area contributed by atoms with Crippen molar-refractivity contribution in [3.8, 4) is 17.0 Å². The molecular weight excluding hydrogens is 455 g/mol. The number of anilines is 3. The maximum absolute atomic E-state index is 15.3. The molecule has 0 bridgehead atoms. The Hall–Kier alpha value is -4.15. The summed E-state index contributed by atoms with van der Waals surface area (Å²) in [6.07, 6.45) is 1.88. The summed E-state index contributed by atoms with van der Waals surface area (Å²) in [6, 6.07) is 3.24. The number of fused-ring (bicyclic) bond motifs is 2. The average molecular weight is 481 g/mol. The number of hydrogen-bond donors (Lipinski definition) is 3. The van der Waals surface area contributed by atoms with Gasteiger partial charge in [0, 0.05) is 42.0 Å². The van der Waals surface area contributed by atoms with Crippen molar-refractivity contribution in [1.82, 2.24) is 14.9 Å². The van der Waals surface area contributed by atoms with Crippen LogP contribution in [0.1, 0.15) is 18.9 Å². The zero-order chi connectivity index (χ0) is 24.7. The third-order valence-corrected chi connectivity index (χ3v) is 6.30. The van der Waals surface area contributed by atoms with Gasteiger partial charge in [-0.25, -0.2) is 19.2 Å². The van der Waals surface area contributed by atoms with E-state index in [0.717, 1.165) is 11.3 Å². The van der Waals surface area contributed by atoms with Gasteiger partial charge >= 0.3 is 6.09 Å². The Morgan fingerprint density at radius 2 is 2.17 bits per heavy atom. The topological polar surface area (TPSA) is 132 Å². The first-order valence-electron chi connectivity index (χ1n) is 11.4. The van der Waals surface area contributed by atoms with Crippen LogP contribution in [0.25, 0.3) is 21.9 Å². The van der Waals surface area contributed by atoms with Crippen molar-refractivity contribution >= 4 is 40.0 Å². The van der Waals surface area contributed by atoms with Crippen molar-refractivity contribution in [2.75, 3.05) is 42.6 Å². The monoisotopic (exact) mass is 480 g/mol. The van der Waals surface area contributed by atoms with E-state index in [1.54, 1.807) is 23.2 Å². The molecular formula is C24H25FN6O4. The first kappa shape index (κ1) is 22.6. The van der Waals surface area contributed by atoms with Crippen LogP contribution >= 0.6 is 0 Å². The third-order valence-electron chi connectivity index (χ3n) is 6.30. The van der Waals surface area contributed by atoms with Crippen LogP contribution in [0, 0.1) is 12.7 Å². The highest BCUT2D eigenvalue weighted by molar-refractivity contribution is 5.99. The van der Waals surface area contributed by atoms with Crippen molar-refractivity contribution in [2.45, 2.75) is 26.4 Å². The molecule has 5 rings (SSSR count). The standard InChI is InChI=1S/C24H25FN6O4/c1-3-31-11-14(8-19(31)32)35-24(33)30-18-7-13-6-15(20(25)21(26)17(13)10-28-18)16-9-29-23-22(12(16)2)27-4-5-34-23/h6-7,9-10,14,27H,3-5,8,11,26H2,1-2H3,(H,28,30,33)/t14-/m0/s1. The number of hydrogen-bond acceptors (Lipinski definition) is 8. The Morgan fingerprint density at radius 3 is 2.94 bits per heavy atom. The molecule has 35 heavy (non-hydrogen) atoms. The van der Waals surface area contributed by atoms with Crippen LogP contribution < -0.4 is 21.1 Å². The molecule has 10 nitrogen and oxygen atoms in total. The molecule has 1 fully saturated rings. The summed E-state index contributed by atoms with van der Waals surface area (Å²) in [6.45, 7) is 5.80. The number of likely N-dealkylation sites (tertiary alicyclic amines) is 1. The van der Waals surface area contributed by atoms with E-state index in [2.05, 4.69) is 20.6 Å². The third kappa shape index (κ3) is 4.13. The van der Waals surface area contributed by atoms with Gasteiger partial charge in [-0.15, -0.1) is 0 Å². The number of amides is 2. The molecule has 1 atom stereocenters. The van der Waals surface area contributed by atoms with E-state index >= 15 is 4.39 Å². The number of carbonyl (C=O) groups is 2. The van der Waals surface area contributed by atoms with E-state index in [1.807, 2.05) is 13.8 Å². The van der Waals surface area contributed by atoms with Gasteiger partial charge in [-0.2, -0.15) is 0 Å². The van der Waals surface area contributed by atoms with Gasteiger partial charge in [-0.3, -0.25) is 10.1 Å².